The van der Waals surface area contributed by atoms with Crippen LogP contribution in [0.3, 0.4) is 0 Å². The highest BCUT2D eigenvalue weighted by Crippen LogP contribution is 2.24. The molecule has 0 aromatic rings. The van der Waals surface area contributed by atoms with E-state index in [1.54, 1.807) is 0 Å². The molecule has 0 aromatic carbocycles. The summed E-state index contributed by atoms with van der Waals surface area (Å²) in [6.07, 6.45) is 4.74. The van der Waals surface area contributed by atoms with Gasteiger partial charge in [-0.1, -0.05) is 13.3 Å². The van der Waals surface area contributed by atoms with E-state index < -0.39 is 5.97 Å². The van der Waals surface area contributed by atoms with Gasteiger partial charge in [0.25, 0.3) is 0 Å². The number of carbonyl (C=O) groups is 2. The Bertz CT molecular complexity index is 310. The molecule has 116 valence electrons. The Labute approximate surface area is 120 Å². The highest BCUT2D eigenvalue weighted by atomic mass is 16.5. The lowest BCUT2D eigenvalue weighted by Gasteiger charge is -2.27. The number of amides is 2. The summed E-state index contributed by atoms with van der Waals surface area (Å²) in [6, 6.07) is -0.238. The van der Waals surface area contributed by atoms with Gasteiger partial charge in [-0.25, -0.2) is 4.79 Å². The zero-order chi connectivity index (χ0) is 14.8. The summed E-state index contributed by atoms with van der Waals surface area (Å²) in [7, 11) is 0. The Kier molecular flexibility index (Phi) is 8.02. The molecule has 20 heavy (non-hydrogen) atoms. The minimum atomic E-state index is -0.759. The average molecular weight is 286 g/mol. The molecule has 0 aromatic heterocycles. The number of carboxylic acids is 1. The summed E-state index contributed by atoms with van der Waals surface area (Å²) in [5.74, 6) is -1.08. The average Bonchev–Trinajstić information content (AvgIpc) is 2.43. The van der Waals surface area contributed by atoms with Crippen LogP contribution in [0.1, 0.15) is 45.4 Å². The summed E-state index contributed by atoms with van der Waals surface area (Å²) < 4.78 is 5.32. The number of carbonyl (C=O) groups excluding carboxylic acids is 1. The third kappa shape index (κ3) is 6.75. The van der Waals surface area contributed by atoms with Crippen molar-refractivity contribution in [3.8, 4) is 0 Å². The van der Waals surface area contributed by atoms with E-state index in [1.807, 2.05) is 0 Å². The monoisotopic (exact) mass is 286 g/mol. The minimum absolute atomic E-state index is 0.0267. The lowest BCUT2D eigenvalue weighted by atomic mass is 9.86. The molecule has 0 aliphatic heterocycles. The summed E-state index contributed by atoms with van der Waals surface area (Å²) >= 11 is 0. The first kappa shape index (κ1) is 16.8. The van der Waals surface area contributed by atoms with Crippen LogP contribution in [-0.4, -0.2) is 42.9 Å². The van der Waals surface area contributed by atoms with E-state index in [-0.39, 0.29) is 18.0 Å². The highest BCUT2D eigenvalue weighted by Gasteiger charge is 2.27. The maximum Gasteiger partial charge on any atom is 0.315 e. The van der Waals surface area contributed by atoms with Gasteiger partial charge in [-0.3, -0.25) is 4.79 Å². The normalized spacial score (nSPS) is 22.2. The molecule has 0 spiro atoms. The number of rotatable bonds is 8. The maximum atomic E-state index is 11.7. The SMILES string of the molecule is CCCOCCCNC(=O)NC1CCCC(C(=O)O)C1. The van der Waals surface area contributed by atoms with E-state index in [9.17, 15) is 9.59 Å². The van der Waals surface area contributed by atoms with E-state index in [4.69, 9.17) is 9.84 Å². The van der Waals surface area contributed by atoms with Crippen LogP contribution in [-0.2, 0) is 9.53 Å². The molecule has 2 unspecified atom stereocenters. The van der Waals surface area contributed by atoms with Crippen molar-refractivity contribution in [1.82, 2.24) is 10.6 Å². The summed E-state index contributed by atoms with van der Waals surface area (Å²) in [5.41, 5.74) is 0. The second-order valence-electron chi connectivity index (χ2n) is 5.26. The van der Waals surface area contributed by atoms with Gasteiger partial charge in [-0.05, 0) is 32.1 Å². The van der Waals surface area contributed by atoms with Crippen LogP contribution in [0.25, 0.3) is 0 Å². The van der Waals surface area contributed by atoms with E-state index in [2.05, 4.69) is 17.6 Å². The van der Waals surface area contributed by atoms with Crippen LogP contribution in [0.15, 0.2) is 0 Å². The van der Waals surface area contributed by atoms with Gasteiger partial charge in [0.2, 0.25) is 0 Å². The van der Waals surface area contributed by atoms with E-state index in [1.165, 1.54) is 0 Å². The van der Waals surface area contributed by atoms with Gasteiger partial charge in [0.15, 0.2) is 0 Å². The summed E-state index contributed by atoms with van der Waals surface area (Å²) in [5, 5.41) is 14.6. The number of hydrogen-bond acceptors (Lipinski definition) is 3. The van der Waals surface area contributed by atoms with Crippen LogP contribution >= 0.6 is 0 Å². The Morgan fingerprint density at radius 2 is 2.10 bits per heavy atom. The van der Waals surface area contributed by atoms with Crippen molar-refractivity contribution >= 4 is 12.0 Å². The van der Waals surface area contributed by atoms with E-state index >= 15 is 0 Å². The van der Waals surface area contributed by atoms with Gasteiger partial charge in [-0.2, -0.15) is 0 Å². The largest absolute Gasteiger partial charge is 0.481 e. The highest BCUT2D eigenvalue weighted by molar-refractivity contribution is 5.74. The summed E-state index contributed by atoms with van der Waals surface area (Å²) in [4.78, 5) is 22.6. The summed E-state index contributed by atoms with van der Waals surface area (Å²) in [6.45, 7) is 4.04. The van der Waals surface area contributed by atoms with Crippen molar-refractivity contribution < 1.29 is 19.4 Å². The van der Waals surface area contributed by atoms with Gasteiger partial charge in [0.1, 0.15) is 0 Å². The zero-order valence-electron chi connectivity index (χ0n) is 12.2. The first-order valence-electron chi connectivity index (χ1n) is 7.48. The topological polar surface area (TPSA) is 87.7 Å². The fourth-order valence-corrected chi connectivity index (χ4v) is 2.40. The fourth-order valence-electron chi connectivity index (χ4n) is 2.40. The molecule has 2 amide bonds. The maximum absolute atomic E-state index is 11.7. The van der Waals surface area contributed by atoms with Crippen LogP contribution in [0.4, 0.5) is 4.79 Å². The third-order valence-electron chi connectivity index (χ3n) is 3.46. The van der Waals surface area contributed by atoms with E-state index in [0.29, 0.717) is 26.0 Å². The Hall–Kier alpha value is -1.30. The third-order valence-corrected chi connectivity index (χ3v) is 3.46. The molecule has 1 fully saturated rings. The van der Waals surface area contributed by atoms with Gasteiger partial charge < -0.3 is 20.5 Å². The van der Waals surface area contributed by atoms with Crippen molar-refractivity contribution in [3.05, 3.63) is 0 Å². The molecule has 1 aliphatic carbocycles. The first-order chi connectivity index (χ1) is 9.63. The standard InChI is InChI=1S/C14H26N2O4/c1-2-8-20-9-4-7-15-14(19)16-12-6-3-5-11(10-12)13(17)18/h11-12H,2-10H2,1H3,(H,17,18)(H2,15,16,19). The molecule has 0 bridgehead atoms. The second kappa shape index (κ2) is 9.58. The smallest absolute Gasteiger partial charge is 0.315 e. The molecule has 0 heterocycles. The molecule has 3 N–H and O–H groups in total. The molecular weight excluding hydrogens is 260 g/mol. The van der Waals surface area contributed by atoms with Crippen LogP contribution in [0, 0.1) is 5.92 Å². The van der Waals surface area contributed by atoms with Gasteiger partial charge in [0.05, 0.1) is 5.92 Å². The van der Waals surface area contributed by atoms with Gasteiger partial charge in [0, 0.05) is 25.8 Å². The number of hydrogen-bond donors (Lipinski definition) is 3. The number of nitrogens with one attached hydrogen (secondary N) is 2. The van der Waals surface area contributed by atoms with Crippen LogP contribution in [0.2, 0.25) is 0 Å². The Morgan fingerprint density at radius 3 is 2.80 bits per heavy atom. The van der Waals surface area contributed by atoms with E-state index in [0.717, 1.165) is 32.3 Å². The lowest BCUT2D eigenvalue weighted by molar-refractivity contribution is -0.143. The quantitative estimate of drug-likeness (QED) is 0.593. The fraction of sp³-hybridized carbons (Fsp3) is 0.857. The Morgan fingerprint density at radius 1 is 1.30 bits per heavy atom. The number of aliphatic carboxylic acids is 1. The minimum Gasteiger partial charge on any atom is -0.481 e. The molecule has 0 saturated heterocycles. The molecule has 1 saturated carbocycles. The molecule has 1 rings (SSSR count). The molecule has 2 atom stereocenters. The van der Waals surface area contributed by atoms with Crippen molar-refractivity contribution in [2.24, 2.45) is 5.92 Å². The number of ether oxygens (including phenoxy) is 1. The Balaban J connectivity index is 2.10. The van der Waals surface area contributed by atoms with Crippen molar-refractivity contribution in [2.75, 3.05) is 19.8 Å². The predicted octanol–water partition coefficient (Wildman–Crippen LogP) is 1.75. The molecule has 6 heteroatoms. The molecule has 1 aliphatic rings. The van der Waals surface area contributed by atoms with Gasteiger partial charge >= 0.3 is 12.0 Å². The molecular formula is C14H26N2O4. The zero-order valence-corrected chi connectivity index (χ0v) is 12.2. The second-order valence-corrected chi connectivity index (χ2v) is 5.26. The number of urea groups is 1. The van der Waals surface area contributed by atoms with Gasteiger partial charge in [-0.15, -0.1) is 0 Å². The molecule has 0 radical (unpaired) electrons. The van der Waals surface area contributed by atoms with Crippen molar-refractivity contribution in [3.63, 3.8) is 0 Å². The van der Waals surface area contributed by atoms with Crippen LogP contribution < -0.4 is 10.6 Å². The van der Waals surface area contributed by atoms with Crippen molar-refractivity contribution in [2.45, 2.75) is 51.5 Å². The lowest BCUT2D eigenvalue weighted by Crippen LogP contribution is -2.45. The van der Waals surface area contributed by atoms with Crippen LogP contribution in [0.5, 0.6) is 0 Å². The van der Waals surface area contributed by atoms with Crippen molar-refractivity contribution in [1.29, 1.82) is 0 Å². The molecule has 6 nitrogen and oxygen atoms in total. The number of carboxylic acid groups (broad SMARTS) is 1. The first-order valence-corrected chi connectivity index (χ1v) is 7.48. The predicted molar refractivity (Wildman–Crippen MR) is 75.6 cm³/mol.